The average molecular weight is 556 g/mol. The van der Waals surface area contributed by atoms with E-state index in [9.17, 15) is 13.2 Å². The minimum Gasteiger partial charge on any atom is -0.497 e. The molecular formula is C30H41N3O5S. The van der Waals surface area contributed by atoms with E-state index in [0.29, 0.717) is 23.8 Å². The molecule has 0 N–H and O–H groups in total. The zero-order valence-corrected chi connectivity index (χ0v) is 23.8. The van der Waals surface area contributed by atoms with Gasteiger partial charge in [-0.05, 0) is 100.0 Å². The van der Waals surface area contributed by atoms with Gasteiger partial charge in [-0.2, -0.15) is 0 Å². The van der Waals surface area contributed by atoms with Crippen LogP contribution in [0.25, 0.3) is 0 Å². The minimum atomic E-state index is -3.82. The number of ether oxygens (including phenoxy) is 2. The number of fused-ring (bicyclic) bond motifs is 1. The Morgan fingerprint density at radius 3 is 2.38 bits per heavy atom. The molecule has 1 atom stereocenters. The minimum absolute atomic E-state index is 0.00967. The molecule has 1 amide bonds. The zero-order chi connectivity index (χ0) is 27.2. The Morgan fingerprint density at radius 1 is 0.949 bits per heavy atom. The topological polar surface area (TPSA) is 79.4 Å². The summed E-state index contributed by atoms with van der Waals surface area (Å²) in [6, 6.07) is 13.6. The predicted molar refractivity (Wildman–Crippen MR) is 152 cm³/mol. The van der Waals surface area contributed by atoms with Gasteiger partial charge >= 0.3 is 0 Å². The average Bonchev–Trinajstić information content (AvgIpc) is 3.36. The lowest BCUT2D eigenvalue weighted by Crippen LogP contribution is -2.43. The van der Waals surface area contributed by atoms with Crippen LogP contribution in [0.5, 0.6) is 5.75 Å². The lowest BCUT2D eigenvalue weighted by atomic mass is 9.93. The molecule has 3 heterocycles. The van der Waals surface area contributed by atoms with E-state index < -0.39 is 16.1 Å². The largest absolute Gasteiger partial charge is 0.497 e. The highest BCUT2D eigenvalue weighted by Gasteiger charge is 2.38. The van der Waals surface area contributed by atoms with Gasteiger partial charge in [0.05, 0.1) is 30.3 Å². The van der Waals surface area contributed by atoms with Crippen LogP contribution in [0.3, 0.4) is 0 Å². The molecule has 0 saturated carbocycles. The number of carbonyl (C=O) groups excluding carboxylic acids is 1. The summed E-state index contributed by atoms with van der Waals surface area (Å²) in [7, 11) is -2.27. The second-order valence-corrected chi connectivity index (χ2v) is 12.8. The lowest BCUT2D eigenvalue weighted by molar-refractivity contribution is -0.137. The van der Waals surface area contributed by atoms with Gasteiger partial charge in [0.25, 0.3) is 10.0 Å². The third kappa shape index (κ3) is 6.58. The number of rotatable bonds is 10. The number of likely N-dealkylation sites (tertiary alicyclic amines) is 2. The van der Waals surface area contributed by atoms with E-state index in [0.717, 1.165) is 31.5 Å². The molecule has 39 heavy (non-hydrogen) atoms. The number of nitrogens with zero attached hydrogens (tertiary/aromatic N) is 3. The van der Waals surface area contributed by atoms with Gasteiger partial charge in [-0.15, -0.1) is 0 Å². The first-order valence-corrected chi connectivity index (χ1v) is 15.7. The fourth-order valence-electron chi connectivity index (χ4n) is 6.14. The maximum atomic E-state index is 13.7. The van der Waals surface area contributed by atoms with E-state index in [1.165, 1.54) is 49.6 Å². The smallest absolute Gasteiger partial charge is 0.264 e. The summed E-state index contributed by atoms with van der Waals surface area (Å²) >= 11 is 0. The maximum absolute atomic E-state index is 13.7. The number of benzene rings is 2. The molecule has 9 heteroatoms. The Labute approximate surface area is 232 Å². The summed E-state index contributed by atoms with van der Waals surface area (Å²) < 4.78 is 39.9. The SMILES string of the molecule is COc1ccc(S(=O)(=O)N2c3ccccc3CC2COCC(=O)N2CCC(CCN3CCCCC3)CC2)cc1. The quantitative estimate of drug-likeness (QED) is 0.442. The molecule has 8 nitrogen and oxygen atoms in total. The molecule has 2 aromatic carbocycles. The van der Waals surface area contributed by atoms with Crippen LogP contribution in [-0.4, -0.2) is 83.2 Å². The van der Waals surface area contributed by atoms with Gasteiger partial charge in [0, 0.05) is 13.1 Å². The monoisotopic (exact) mass is 555 g/mol. The van der Waals surface area contributed by atoms with Crippen LogP contribution in [0.2, 0.25) is 0 Å². The molecule has 3 aliphatic heterocycles. The third-order valence-corrected chi connectivity index (χ3v) is 10.3. The van der Waals surface area contributed by atoms with Crippen molar-refractivity contribution in [2.75, 3.05) is 57.4 Å². The van der Waals surface area contributed by atoms with Crippen LogP contribution in [-0.2, 0) is 26.0 Å². The van der Waals surface area contributed by atoms with Gasteiger partial charge in [0.2, 0.25) is 5.91 Å². The van der Waals surface area contributed by atoms with E-state index in [4.69, 9.17) is 9.47 Å². The van der Waals surface area contributed by atoms with Crippen molar-refractivity contribution in [3.8, 4) is 5.75 Å². The molecule has 3 aliphatic rings. The van der Waals surface area contributed by atoms with Gasteiger partial charge < -0.3 is 19.3 Å². The van der Waals surface area contributed by atoms with Crippen molar-refractivity contribution in [2.24, 2.45) is 5.92 Å². The number of anilines is 1. The van der Waals surface area contributed by atoms with E-state index >= 15 is 0 Å². The number of carbonyl (C=O) groups is 1. The first-order chi connectivity index (χ1) is 19.0. The molecule has 0 radical (unpaired) electrons. The van der Waals surface area contributed by atoms with Crippen molar-refractivity contribution >= 4 is 21.6 Å². The third-order valence-electron chi connectivity index (χ3n) is 8.44. The number of piperidine rings is 2. The molecule has 0 aromatic heterocycles. The van der Waals surface area contributed by atoms with Gasteiger partial charge in [-0.25, -0.2) is 8.42 Å². The Kier molecular flexibility index (Phi) is 9.10. The molecule has 212 valence electrons. The molecule has 2 fully saturated rings. The standard InChI is InChI=1S/C30H41N3O5S/c1-37-27-9-11-28(12-10-27)39(35,36)33-26(21-25-7-3-4-8-29(25)33)22-38-23-30(34)32-19-14-24(15-20-32)13-18-31-16-5-2-6-17-31/h3-4,7-12,24,26H,2,5-6,13-23H2,1H3. The summed E-state index contributed by atoms with van der Waals surface area (Å²) in [5.74, 6) is 1.27. The lowest BCUT2D eigenvalue weighted by Gasteiger charge is -2.34. The van der Waals surface area contributed by atoms with E-state index in [1.807, 2.05) is 29.2 Å². The molecule has 1 unspecified atom stereocenters. The van der Waals surface area contributed by atoms with Crippen LogP contribution in [0.1, 0.15) is 44.1 Å². The number of methoxy groups -OCH3 is 1. The first kappa shape index (κ1) is 27.9. The maximum Gasteiger partial charge on any atom is 0.264 e. The van der Waals surface area contributed by atoms with Crippen LogP contribution >= 0.6 is 0 Å². The predicted octanol–water partition coefficient (Wildman–Crippen LogP) is 3.95. The van der Waals surface area contributed by atoms with Gasteiger partial charge in [-0.3, -0.25) is 9.10 Å². The first-order valence-electron chi connectivity index (χ1n) is 14.3. The second-order valence-electron chi connectivity index (χ2n) is 11.0. The van der Waals surface area contributed by atoms with Crippen LogP contribution < -0.4 is 9.04 Å². The Morgan fingerprint density at radius 2 is 1.67 bits per heavy atom. The van der Waals surface area contributed by atoms with Gasteiger partial charge in [0.15, 0.2) is 0 Å². The van der Waals surface area contributed by atoms with E-state index in [1.54, 1.807) is 31.4 Å². The molecule has 5 rings (SSSR count). The summed E-state index contributed by atoms with van der Waals surface area (Å²) in [5, 5.41) is 0. The fraction of sp³-hybridized carbons (Fsp3) is 0.567. The molecule has 0 spiro atoms. The zero-order valence-electron chi connectivity index (χ0n) is 23.0. The van der Waals surface area contributed by atoms with Crippen molar-refractivity contribution < 1.29 is 22.7 Å². The number of hydrogen-bond acceptors (Lipinski definition) is 6. The molecule has 0 bridgehead atoms. The van der Waals surface area contributed by atoms with Crippen molar-refractivity contribution in [2.45, 2.75) is 55.9 Å². The number of sulfonamides is 1. The van der Waals surface area contributed by atoms with Crippen molar-refractivity contribution in [1.82, 2.24) is 9.80 Å². The van der Waals surface area contributed by atoms with E-state index in [2.05, 4.69) is 4.90 Å². The fourth-order valence-corrected chi connectivity index (χ4v) is 7.81. The molecular weight excluding hydrogens is 514 g/mol. The number of para-hydroxylation sites is 1. The molecule has 2 aromatic rings. The number of amides is 1. The van der Waals surface area contributed by atoms with Crippen molar-refractivity contribution in [3.05, 3.63) is 54.1 Å². The highest BCUT2D eigenvalue weighted by atomic mass is 32.2. The second kappa shape index (κ2) is 12.7. The Hall–Kier alpha value is -2.62. The number of hydrogen-bond donors (Lipinski definition) is 0. The van der Waals surface area contributed by atoms with Crippen LogP contribution in [0, 0.1) is 5.92 Å². The highest BCUT2D eigenvalue weighted by Crippen LogP contribution is 2.37. The normalized spacial score (nSPS) is 20.7. The summed E-state index contributed by atoms with van der Waals surface area (Å²) in [6.45, 7) is 5.34. The molecule has 0 aliphatic carbocycles. The summed E-state index contributed by atoms with van der Waals surface area (Å²) in [4.78, 5) is 17.6. The van der Waals surface area contributed by atoms with Gasteiger partial charge in [-0.1, -0.05) is 24.6 Å². The van der Waals surface area contributed by atoms with Crippen LogP contribution in [0.15, 0.2) is 53.4 Å². The summed E-state index contributed by atoms with van der Waals surface area (Å²) in [6.07, 6.45) is 7.87. The van der Waals surface area contributed by atoms with Crippen molar-refractivity contribution in [3.63, 3.8) is 0 Å². The highest BCUT2D eigenvalue weighted by molar-refractivity contribution is 7.92. The Balaban J connectivity index is 1.14. The van der Waals surface area contributed by atoms with E-state index in [-0.39, 0.29) is 24.0 Å². The summed E-state index contributed by atoms with van der Waals surface area (Å²) in [5.41, 5.74) is 1.63. The van der Waals surface area contributed by atoms with Crippen LogP contribution in [0.4, 0.5) is 5.69 Å². The van der Waals surface area contributed by atoms with Crippen molar-refractivity contribution in [1.29, 1.82) is 0 Å². The molecule has 2 saturated heterocycles. The van der Waals surface area contributed by atoms with Gasteiger partial charge in [0.1, 0.15) is 12.4 Å². The Bertz CT molecular complexity index is 1210.